The smallest absolute Gasteiger partial charge is 0.251 e. The predicted molar refractivity (Wildman–Crippen MR) is 117 cm³/mol. The van der Waals surface area contributed by atoms with Crippen molar-refractivity contribution >= 4 is 0 Å². The molecule has 0 radical (unpaired) electrons. The fourth-order valence-electron chi connectivity index (χ4n) is 5.52. The van der Waals surface area contributed by atoms with Gasteiger partial charge in [0.05, 0.1) is 7.11 Å². The maximum absolute atomic E-state index is 14.5. The first-order valence-corrected chi connectivity index (χ1v) is 11.7. The van der Waals surface area contributed by atoms with E-state index in [4.69, 9.17) is 4.74 Å². The Balaban J connectivity index is 1.38. The molecule has 1 aromatic rings. The molecule has 2 saturated carbocycles. The Morgan fingerprint density at radius 1 is 0.966 bits per heavy atom. The number of halogens is 2. The zero-order valence-corrected chi connectivity index (χ0v) is 18.2. The number of alkyl halides is 2. The maximum atomic E-state index is 14.5. The summed E-state index contributed by atoms with van der Waals surface area (Å²) in [6.45, 7) is 2.02. The van der Waals surface area contributed by atoms with Gasteiger partial charge >= 0.3 is 0 Å². The van der Waals surface area contributed by atoms with Gasteiger partial charge in [0.15, 0.2) is 0 Å². The zero-order valence-electron chi connectivity index (χ0n) is 18.2. The average molecular weight is 405 g/mol. The van der Waals surface area contributed by atoms with E-state index in [1.807, 2.05) is 19.1 Å². The molecule has 0 heterocycles. The van der Waals surface area contributed by atoms with Crippen LogP contribution in [0, 0.1) is 23.7 Å². The Hall–Kier alpha value is -1.38. The highest BCUT2D eigenvalue weighted by Crippen LogP contribution is 2.48. The van der Waals surface area contributed by atoms with E-state index in [1.165, 1.54) is 18.4 Å². The van der Waals surface area contributed by atoms with Gasteiger partial charge in [-0.25, -0.2) is 8.78 Å². The molecule has 162 valence electrons. The van der Waals surface area contributed by atoms with E-state index < -0.39 is 5.92 Å². The van der Waals surface area contributed by atoms with Crippen LogP contribution in [-0.2, 0) is 6.42 Å². The second kappa shape index (κ2) is 10.6. The fraction of sp³-hybridized carbons (Fsp3) is 0.692. The van der Waals surface area contributed by atoms with E-state index >= 15 is 0 Å². The lowest BCUT2D eigenvalue weighted by Crippen LogP contribution is -2.38. The first-order chi connectivity index (χ1) is 14.0. The molecule has 2 unspecified atom stereocenters. The van der Waals surface area contributed by atoms with Crippen LogP contribution in [0.5, 0.6) is 5.75 Å². The summed E-state index contributed by atoms with van der Waals surface area (Å²) in [6.07, 6.45) is 14.9. The third-order valence-electron chi connectivity index (χ3n) is 7.36. The quantitative estimate of drug-likeness (QED) is 0.401. The van der Waals surface area contributed by atoms with Gasteiger partial charge in [0, 0.05) is 12.3 Å². The topological polar surface area (TPSA) is 9.23 Å². The molecule has 0 aromatic heterocycles. The Morgan fingerprint density at radius 2 is 1.66 bits per heavy atom. The number of benzene rings is 1. The molecule has 3 heteroatoms. The molecule has 2 aliphatic rings. The average Bonchev–Trinajstić information content (AvgIpc) is 2.73. The summed E-state index contributed by atoms with van der Waals surface area (Å²) < 4.78 is 34.2. The summed E-state index contributed by atoms with van der Waals surface area (Å²) in [6, 6.07) is 8.23. The van der Waals surface area contributed by atoms with Crippen LogP contribution in [0.2, 0.25) is 0 Å². The Kier molecular flexibility index (Phi) is 8.15. The number of methoxy groups -OCH3 is 1. The Labute approximate surface area is 175 Å². The normalized spacial score (nSPS) is 29.8. The third kappa shape index (κ3) is 6.30. The molecule has 0 bridgehead atoms. The van der Waals surface area contributed by atoms with Crippen LogP contribution in [0.15, 0.2) is 36.4 Å². The van der Waals surface area contributed by atoms with Gasteiger partial charge in [-0.2, -0.15) is 0 Å². The van der Waals surface area contributed by atoms with Gasteiger partial charge in [-0.15, -0.1) is 0 Å². The van der Waals surface area contributed by atoms with Crippen molar-refractivity contribution in [2.75, 3.05) is 7.11 Å². The van der Waals surface area contributed by atoms with Gasteiger partial charge < -0.3 is 4.74 Å². The van der Waals surface area contributed by atoms with E-state index in [0.29, 0.717) is 12.3 Å². The van der Waals surface area contributed by atoms with Crippen molar-refractivity contribution in [3.63, 3.8) is 0 Å². The summed E-state index contributed by atoms with van der Waals surface area (Å²) in [5.74, 6) is -0.384. The highest BCUT2D eigenvalue weighted by Gasteiger charge is 2.46. The monoisotopic (exact) mass is 404 g/mol. The minimum atomic E-state index is -2.43. The van der Waals surface area contributed by atoms with Crippen molar-refractivity contribution in [2.45, 2.75) is 83.5 Å². The molecular formula is C26H38F2O. The molecule has 0 spiro atoms. The third-order valence-corrected chi connectivity index (χ3v) is 7.36. The standard InChI is InChI=1S/C26H38F2O/c1-3-6-24-16-15-23(19-26(24,27)28)22-13-9-20(10-14-22)7-4-5-8-21-11-17-25(29-2)18-12-21/h4-5,11-12,17-18,20,22-24H,3,6-10,13-16,19H2,1-2H3/b5-4-. The highest BCUT2D eigenvalue weighted by molar-refractivity contribution is 5.28. The summed E-state index contributed by atoms with van der Waals surface area (Å²) in [5.41, 5.74) is 1.30. The largest absolute Gasteiger partial charge is 0.497 e. The van der Waals surface area contributed by atoms with Crippen LogP contribution in [0.3, 0.4) is 0 Å². The number of allylic oxidation sites excluding steroid dienone is 2. The lowest BCUT2D eigenvalue weighted by Gasteiger charge is -2.41. The Morgan fingerprint density at radius 3 is 2.28 bits per heavy atom. The summed E-state index contributed by atoms with van der Waals surface area (Å²) in [7, 11) is 1.69. The summed E-state index contributed by atoms with van der Waals surface area (Å²) >= 11 is 0. The van der Waals surface area contributed by atoms with Crippen LogP contribution < -0.4 is 4.74 Å². The first kappa shape index (κ1) is 22.3. The van der Waals surface area contributed by atoms with Gasteiger partial charge in [0.1, 0.15) is 5.75 Å². The van der Waals surface area contributed by atoms with Gasteiger partial charge in [0.25, 0.3) is 5.92 Å². The minimum Gasteiger partial charge on any atom is -0.497 e. The van der Waals surface area contributed by atoms with Crippen LogP contribution in [0.4, 0.5) is 8.78 Å². The molecule has 0 saturated heterocycles. The molecule has 0 amide bonds. The van der Waals surface area contributed by atoms with Crippen molar-refractivity contribution < 1.29 is 13.5 Å². The molecule has 3 rings (SSSR count). The second-order valence-corrected chi connectivity index (χ2v) is 9.33. The molecule has 2 atom stereocenters. The molecule has 2 fully saturated rings. The van der Waals surface area contributed by atoms with E-state index in [2.05, 4.69) is 24.3 Å². The molecule has 1 aromatic carbocycles. The number of ether oxygens (including phenoxy) is 1. The number of hydrogen-bond donors (Lipinski definition) is 0. The molecular weight excluding hydrogens is 366 g/mol. The van der Waals surface area contributed by atoms with Gasteiger partial charge in [-0.1, -0.05) is 37.6 Å². The molecule has 0 N–H and O–H groups in total. The predicted octanol–water partition coefficient (Wildman–Crippen LogP) is 7.84. The van der Waals surface area contributed by atoms with Crippen molar-refractivity contribution in [1.82, 2.24) is 0 Å². The van der Waals surface area contributed by atoms with Crippen molar-refractivity contribution in [2.24, 2.45) is 23.7 Å². The fourth-order valence-corrected chi connectivity index (χ4v) is 5.52. The first-order valence-electron chi connectivity index (χ1n) is 11.7. The maximum Gasteiger partial charge on any atom is 0.251 e. The van der Waals surface area contributed by atoms with Gasteiger partial charge in [-0.05, 0) is 93.2 Å². The second-order valence-electron chi connectivity index (χ2n) is 9.33. The van der Waals surface area contributed by atoms with E-state index in [1.54, 1.807) is 7.11 Å². The van der Waals surface area contributed by atoms with E-state index in [0.717, 1.165) is 56.6 Å². The van der Waals surface area contributed by atoms with Crippen molar-refractivity contribution in [3.05, 3.63) is 42.0 Å². The molecule has 0 aliphatic heterocycles. The van der Waals surface area contributed by atoms with Crippen LogP contribution >= 0.6 is 0 Å². The molecule has 29 heavy (non-hydrogen) atoms. The van der Waals surface area contributed by atoms with Gasteiger partial charge in [0.2, 0.25) is 0 Å². The molecule has 2 aliphatic carbocycles. The van der Waals surface area contributed by atoms with Crippen molar-refractivity contribution in [1.29, 1.82) is 0 Å². The lowest BCUT2D eigenvalue weighted by molar-refractivity contribution is -0.115. The van der Waals surface area contributed by atoms with Crippen LogP contribution in [0.25, 0.3) is 0 Å². The lowest BCUT2D eigenvalue weighted by atomic mass is 9.67. The van der Waals surface area contributed by atoms with E-state index in [-0.39, 0.29) is 18.3 Å². The SMILES string of the molecule is CCCC1CCC(C2CCC(C/C=C\Cc3ccc(OC)cc3)CC2)CC1(F)F. The Bertz CT molecular complexity index is 629. The summed E-state index contributed by atoms with van der Waals surface area (Å²) in [5, 5.41) is 0. The van der Waals surface area contributed by atoms with Crippen LogP contribution in [0.1, 0.15) is 76.7 Å². The molecule has 1 nitrogen and oxygen atoms in total. The number of hydrogen-bond acceptors (Lipinski definition) is 1. The van der Waals surface area contributed by atoms with Gasteiger partial charge in [-0.3, -0.25) is 0 Å². The zero-order chi connectivity index (χ0) is 20.7. The van der Waals surface area contributed by atoms with E-state index in [9.17, 15) is 8.78 Å². The van der Waals surface area contributed by atoms with Crippen LogP contribution in [-0.4, -0.2) is 13.0 Å². The number of rotatable bonds is 8. The van der Waals surface area contributed by atoms with Crippen molar-refractivity contribution in [3.8, 4) is 5.75 Å². The highest BCUT2D eigenvalue weighted by atomic mass is 19.3. The summed E-state index contributed by atoms with van der Waals surface area (Å²) in [4.78, 5) is 0. The minimum absolute atomic E-state index is 0.148.